The molecule has 1 N–H and O–H groups in total. The SMILES string of the molecule is OC(c1ccccn1)C1CCN(Cc2cccc(F)c2)CC1. The van der Waals surface area contributed by atoms with Crippen molar-refractivity contribution >= 4 is 0 Å². The fourth-order valence-electron chi connectivity index (χ4n) is 3.11. The number of nitrogens with zero attached hydrogens (tertiary/aromatic N) is 2. The van der Waals surface area contributed by atoms with Crippen LogP contribution in [-0.2, 0) is 6.54 Å². The quantitative estimate of drug-likeness (QED) is 0.942. The summed E-state index contributed by atoms with van der Waals surface area (Å²) in [4.78, 5) is 6.56. The minimum atomic E-state index is -0.488. The molecular formula is C18H21FN2O. The Morgan fingerprint density at radius 3 is 2.68 bits per heavy atom. The Hall–Kier alpha value is -1.78. The van der Waals surface area contributed by atoms with Crippen LogP contribution >= 0.6 is 0 Å². The van der Waals surface area contributed by atoms with E-state index in [0.29, 0.717) is 0 Å². The molecule has 0 spiro atoms. The van der Waals surface area contributed by atoms with Crippen LogP contribution in [0.2, 0.25) is 0 Å². The van der Waals surface area contributed by atoms with Crippen molar-refractivity contribution < 1.29 is 9.50 Å². The van der Waals surface area contributed by atoms with Gasteiger partial charge in [0.15, 0.2) is 0 Å². The summed E-state index contributed by atoms with van der Waals surface area (Å²) in [6, 6.07) is 12.4. The molecule has 1 aliphatic heterocycles. The average Bonchev–Trinajstić information content (AvgIpc) is 2.56. The number of aromatic nitrogens is 1. The molecule has 2 heterocycles. The van der Waals surface area contributed by atoms with E-state index < -0.39 is 6.10 Å². The lowest BCUT2D eigenvalue weighted by Crippen LogP contribution is -2.35. The van der Waals surface area contributed by atoms with E-state index in [1.165, 1.54) is 6.07 Å². The van der Waals surface area contributed by atoms with Crippen LogP contribution in [-0.4, -0.2) is 28.1 Å². The number of pyridine rings is 1. The second-order valence-corrected chi connectivity index (χ2v) is 5.94. The molecule has 1 aliphatic rings. The second kappa shape index (κ2) is 6.99. The predicted octanol–water partition coefficient (Wildman–Crippen LogP) is 3.17. The fraction of sp³-hybridized carbons (Fsp3) is 0.389. The van der Waals surface area contributed by atoms with Crippen molar-refractivity contribution in [3.63, 3.8) is 0 Å². The van der Waals surface area contributed by atoms with E-state index in [-0.39, 0.29) is 11.7 Å². The minimum absolute atomic E-state index is 0.182. The largest absolute Gasteiger partial charge is 0.387 e. The fourth-order valence-corrected chi connectivity index (χ4v) is 3.11. The summed E-state index contributed by atoms with van der Waals surface area (Å²) in [6.07, 6.45) is 3.11. The number of piperidine rings is 1. The summed E-state index contributed by atoms with van der Waals surface area (Å²) in [6.45, 7) is 2.61. The van der Waals surface area contributed by atoms with Gasteiger partial charge in [-0.15, -0.1) is 0 Å². The normalized spacial score (nSPS) is 18.3. The van der Waals surface area contributed by atoms with Crippen LogP contribution in [0.4, 0.5) is 4.39 Å². The van der Waals surface area contributed by atoms with Crippen molar-refractivity contribution in [2.75, 3.05) is 13.1 Å². The summed E-state index contributed by atoms with van der Waals surface area (Å²) in [7, 11) is 0. The van der Waals surface area contributed by atoms with Gasteiger partial charge in [0.05, 0.1) is 11.8 Å². The van der Waals surface area contributed by atoms with E-state index in [1.54, 1.807) is 18.3 Å². The van der Waals surface area contributed by atoms with Crippen LogP contribution in [0.25, 0.3) is 0 Å². The third kappa shape index (κ3) is 3.70. The number of rotatable bonds is 4. The number of hydrogen-bond acceptors (Lipinski definition) is 3. The molecule has 3 rings (SSSR count). The first-order chi connectivity index (χ1) is 10.7. The van der Waals surface area contributed by atoms with Gasteiger partial charge in [-0.1, -0.05) is 18.2 Å². The van der Waals surface area contributed by atoms with E-state index >= 15 is 0 Å². The summed E-state index contributed by atoms with van der Waals surface area (Å²) in [5.74, 6) is 0.0663. The lowest BCUT2D eigenvalue weighted by atomic mass is 9.89. The maximum absolute atomic E-state index is 13.2. The predicted molar refractivity (Wildman–Crippen MR) is 83.6 cm³/mol. The van der Waals surface area contributed by atoms with E-state index in [2.05, 4.69) is 9.88 Å². The van der Waals surface area contributed by atoms with Crippen molar-refractivity contribution in [1.82, 2.24) is 9.88 Å². The smallest absolute Gasteiger partial charge is 0.123 e. The molecule has 116 valence electrons. The number of halogens is 1. The molecule has 1 aromatic heterocycles. The molecule has 1 saturated heterocycles. The molecule has 1 aromatic carbocycles. The lowest BCUT2D eigenvalue weighted by Gasteiger charge is -2.34. The second-order valence-electron chi connectivity index (χ2n) is 5.94. The van der Waals surface area contributed by atoms with Crippen LogP contribution < -0.4 is 0 Å². The Balaban J connectivity index is 1.54. The molecule has 1 unspecified atom stereocenters. The zero-order valence-corrected chi connectivity index (χ0v) is 12.5. The van der Waals surface area contributed by atoms with Crippen LogP contribution in [0.15, 0.2) is 48.7 Å². The maximum atomic E-state index is 13.2. The standard InChI is InChI=1S/C18H21FN2O/c19-16-5-3-4-14(12-16)13-21-10-7-15(8-11-21)18(22)17-6-1-2-9-20-17/h1-6,9,12,15,18,22H,7-8,10-11,13H2. The van der Waals surface area contributed by atoms with Gasteiger partial charge in [0, 0.05) is 12.7 Å². The van der Waals surface area contributed by atoms with Gasteiger partial charge in [-0.3, -0.25) is 9.88 Å². The van der Waals surface area contributed by atoms with Gasteiger partial charge in [-0.2, -0.15) is 0 Å². The van der Waals surface area contributed by atoms with Gasteiger partial charge in [0.1, 0.15) is 5.82 Å². The molecule has 0 bridgehead atoms. The van der Waals surface area contributed by atoms with E-state index in [0.717, 1.165) is 43.7 Å². The molecule has 0 amide bonds. The maximum Gasteiger partial charge on any atom is 0.123 e. The number of aliphatic hydroxyl groups excluding tert-OH is 1. The highest BCUT2D eigenvalue weighted by molar-refractivity contribution is 5.16. The summed E-state index contributed by atoms with van der Waals surface area (Å²) < 4.78 is 13.2. The minimum Gasteiger partial charge on any atom is -0.387 e. The first-order valence-corrected chi connectivity index (χ1v) is 7.78. The molecule has 22 heavy (non-hydrogen) atoms. The van der Waals surface area contributed by atoms with E-state index in [4.69, 9.17) is 0 Å². The summed E-state index contributed by atoms with van der Waals surface area (Å²) in [5, 5.41) is 10.4. The van der Waals surface area contributed by atoms with Gasteiger partial charge in [-0.25, -0.2) is 4.39 Å². The zero-order chi connectivity index (χ0) is 15.4. The molecular weight excluding hydrogens is 279 g/mol. The number of hydrogen-bond donors (Lipinski definition) is 1. The Kier molecular flexibility index (Phi) is 4.80. The van der Waals surface area contributed by atoms with E-state index in [1.807, 2.05) is 24.3 Å². The van der Waals surface area contributed by atoms with Gasteiger partial charge >= 0.3 is 0 Å². The third-order valence-electron chi connectivity index (χ3n) is 4.36. The van der Waals surface area contributed by atoms with Crippen molar-refractivity contribution in [3.05, 3.63) is 65.7 Å². The van der Waals surface area contributed by atoms with Crippen molar-refractivity contribution in [2.24, 2.45) is 5.92 Å². The van der Waals surface area contributed by atoms with Crippen molar-refractivity contribution in [3.8, 4) is 0 Å². The monoisotopic (exact) mass is 300 g/mol. The topological polar surface area (TPSA) is 36.4 Å². The van der Waals surface area contributed by atoms with Gasteiger partial charge in [0.2, 0.25) is 0 Å². The molecule has 0 aliphatic carbocycles. The van der Waals surface area contributed by atoms with Crippen LogP contribution in [0, 0.1) is 11.7 Å². The number of benzene rings is 1. The molecule has 0 saturated carbocycles. The Labute approximate surface area is 130 Å². The molecule has 1 atom stereocenters. The highest BCUT2D eigenvalue weighted by atomic mass is 19.1. The zero-order valence-electron chi connectivity index (χ0n) is 12.5. The van der Waals surface area contributed by atoms with Crippen LogP contribution in [0.5, 0.6) is 0 Å². The number of aliphatic hydroxyl groups is 1. The van der Waals surface area contributed by atoms with E-state index in [9.17, 15) is 9.50 Å². The number of likely N-dealkylation sites (tertiary alicyclic amines) is 1. The summed E-state index contributed by atoms with van der Waals surface area (Å²) in [5.41, 5.74) is 1.76. The molecule has 2 aromatic rings. The molecule has 4 heteroatoms. The van der Waals surface area contributed by atoms with Crippen LogP contribution in [0.3, 0.4) is 0 Å². The lowest BCUT2D eigenvalue weighted by molar-refractivity contribution is 0.0540. The Morgan fingerprint density at radius 1 is 1.18 bits per heavy atom. The van der Waals surface area contributed by atoms with Crippen LogP contribution in [0.1, 0.15) is 30.2 Å². The Bertz CT molecular complexity index is 597. The van der Waals surface area contributed by atoms with Crippen molar-refractivity contribution in [1.29, 1.82) is 0 Å². The molecule has 1 fully saturated rings. The highest BCUT2D eigenvalue weighted by Crippen LogP contribution is 2.30. The highest BCUT2D eigenvalue weighted by Gasteiger charge is 2.26. The van der Waals surface area contributed by atoms with Gasteiger partial charge in [-0.05, 0) is 61.7 Å². The first kappa shape index (κ1) is 15.1. The third-order valence-corrected chi connectivity index (χ3v) is 4.36. The summed E-state index contributed by atoms with van der Waals surface area (Å²) >= 11 is 0. The van der Waals surface area contributed by atoms with Gasteiger partial charge in [0.25, 0.3) is 0 Å². The average molecular weight is 300 g/mol. The molecule has 0 radical (unpaired) electrons. The van der Waals surface area contributed by atoms with Crippen molar-refractivity contribution in [2.45, 2.75) is 25.5 Å². The molecule has 3 nitrogen and oxygen atoms in total. The Morgan fingerprint density at radius 2 is 2.00 bits per heavy atom. The first-order valence-electron chi connectivity index (χ1n) is 7.78. The van der Waals surface area contributed by atoms with Gasteiger partial charge < -0.3 is 5.11 Å².